The second kappa shape index (κ2) is 6.14. The zero-order valence-corrected chi connectivity index (χ0v) is 13.2. The molecule has 2 aromatic rings. The standard InChI is InChI=1S/C13H16N4O4S/c1-4-21-13(18)12-10(3)17(15-14-12)16-22(19,20)11-7-5-9(2)6-8-11/h5-8,16H,4H2,1-3H3. The van der Waals surface area contributed by atoms with Crippen molar-refractivity contribution in [2.75, 3.05) is 11.4 Å². The number of ether oxygens (including phenoxy) is 1. The molecule has 0 aliphatic heterocycles. The Labute approximate surface area is 128 Å². The van der Waals surface area contributed by atoms with E-state index in [9.17, 15) is 13.2 Å². The van der Waals surface area contributed by atoms with Crippen LogP contribution in [0.25, 0.3) is 0 Å². The van der Waals surface area contributed by atoms with E-state index in [0.29, 0.717) is 0 Å². The van der Waals surface area contributed by atoms with Crippen LogP contribution >= 0.6 is 0 Å². The molecular weight excluding hydrogens is 308 g/mol. The van der Waals surface area contributed by atoms with Gasteiger partial charge in [-0.3, -0.25) is 0 Å². The predicted octanol–water partition coefficient (Wildman–Crippen LogP) is 1.00. The number of hydrogen-bond acceptors (Lipinski definition) is 6. The summed E-state index contributed by atoms with van der Waals surface area (Å²) in [5, 5.41) is 7.26. The number of nitrogens with one attached hydrogen (secondary N) is 1. The average molecular weight is 324 g/mol. The number of aryl methyl sites for hydroxylation is 1. The zero-order chi connectivity index (χ0) is 16.3. The summed E-state index contributed by atoms with van der Waals surface area (Å²) in [7, 11) is -3.82. The number of aromatic nitrogens is 3. The van der Waals surface area contributed by atoms with Crippen molar-refractivity contribution in [2.24, 2.45) is 0 Å². The molecule has 0 amide bonds. The zero-order valence-electron chi connectivity index (χ0n) is 12.4. The van der Waals surface area contributed by atoms with Crippen molar-refractivity contribution in [3.63, 3.8) is 0 Å². The van der Waals surface area contributed by atoms with Gasteiger partial charge in [0.2, 0.25) is 0 Å². The van der Waals surface area contributed by atoms with Gasteiger partial charge in [-0.15, -0.1) is 9.89 Å². The summed E-state index contributed by atoms with van der Waals surface area (Å²) in [6.07, 6.45) is 0. The second-order valence-electron chi connectivity index (χ2n) is 4.56. The summed E-state index contributed by atoms with van der Waals surface area (Å²) in [4.78, 5) is 14.9. The molecule has 1 aromatic heterocycles. The topological polar surface area (TPSA) is 103 Å². The van der Waals surface area contributed by atoms with Gasteiger partial charge in [-0.25, -0.2) is 4.79 Å². The summed E-state index contributed by atoms with van der Waals surface area (Å²) in [5.41, 5.74) is 1.16. The van der Waals surface area contributed by atoms with E-state index in [1.807, 2.05) is 6.92 Å². The smallest absolute Gasteiger partial charge is 0.360 e. The molecule has 9 heteroatoms. The largest absolute Gasteiger partial charge is 0.461 e. The van der Waals surface area contributed by atoms with E-state index in [2.05, 4.69) is 15.1 Å². The third kappa shape index (κ3) is 3.25. The molecule has 22 heavy (non-hydrogen) atoms. The number of carbonyl (C=O) groups excluding carboxylic acids is 1. The Hall–Kier alpha value is -2.42. The first-order chi connectivity index (χ1) is 10.3. The SMILES string of the molecule is CCOC(=O)c1nnn(NS(=O)(=O)c2ccc(C)cc2)c1C. The van der Waals surface area contributed by atoms with Crippen molar-refractivity contribution < 1.29 is 17.9 Å². The minimum absolute atomic E-state index is 0.0338. The first kappa shape index (κ1) is 16.0. The van der Waals surface area contributed by atoms with Crippen LogP contribution in [0, 0.1) is 13.8 Å². The summed E-state index contributed by atoms with van der Waals surface area (Å²) < 4.78 is 29.3. The predicted molar refractivity (Wildman–Crippen MR) is 78.4 cm³/mol. The lowest BCUT2D eigenvalue weighted by molar-refractivity contribution is 0.0518. The monoisotopic (exact) mass is 324 g/mol. The normalized spacial score (nSPS) is 11.2. The van der Waals surface area contributed by atoms with Crippen LogP contribution in [0.3, 0.4) is 0 Å². The molecule has 0 unspecified atom stereocenters. The fourth-order valence-corrected chi connectivity index (χ4v) is 2.69. The maximum absolute atomic E-state index is 12.3. The lowest BCUT2D eigenvalue weighted by Crippen LogP contribution is -2.25. The minimum Gasteiger partial charge on any atom is -0.461 e. The Bertz CT molecular complexity index is 781. The van der Waals surface area contributed by atoms with E-state index in [1.54, 1.807) is 19.1 Å². The van der Waals surface area contributed by atoms with Crippen LogP contribution in [-0.2, 0) is 14.8 Å². The highest BCUT2D eigenvalue weighted by molar-refractivity contribution is 7.92. The highest BCUT2D eigenvalue weighted by atomic mass is 32.2. The van der Waals surface area contributed by atoms with E-state index >= 15 is 0 Å². The van der Waals surface area contributed by atoms with Gasteiger partial charge < -0.3 is 4.74 Å². The average Bonchev–Trinajstić information content (AvgIpc) is 2.80. The highest BCUT2D eigenvalue weighted by Gasteiger charge is 2.21. The van der Waals surface area contributed by atoms with Crippen LogP contribution in [0.2, 0.25) is 0 Å². The minimum atomic E-state index is -3.82. The number of nitrogens with zero attached hydrogens (tertiary/aromatic N) is 3. The number of esters is 1. The summed E-state index contributed by atoms with van der Waals surface area (Å²) in [6, 6.07) is 6.34. The number of hydrogen-bond donors (Lipinski definition) is 1. The number of sulfonamides is 1. The van der Waals surface area contributed by atoms with E-state index < -0.39 is 16.0 Å². The number of carbonyl (C=O) groups is 1. The summed E-state index contributed by atoms with van der Waals surface area (Å²) in [5.74, 6) is -0.652. The molecule has 0 bridgehead atoms. The molecule has 0 spiro atoms. The second-order valence-corrected chi connectivity index (χ2v) is 6.22. The van der Waals surface area contributed by atoms with Crippen molar-refractivity contribution >= 4 is 16.0 Å². The molecule has 0 saturated carbocycles. The van der Waals surface area contributed by atoms with Gasteiger partial charge in [0.15, 0.2) is 5.69 Å². The van der Waals surface area contributed by atoms with Gasteiger partial charge in [0.25, 0.3) is 10.0 Å². The molecule has 1 aromatic carbocycles. The van der Waals surface area contributed by atoms with E-state index in [1.165, 1.54) is 19.1 Å². The van der Waals surface area contributed by atoms with E-state index in [4.69, 9.17) is 4.74 Å². The third-order valence-electron chi connectivity index (χ3n) is 2.90. The van der Waals surface area contributed by atoms with Gasteiger partial charge in [-0.1, -0.05) is 17.7 Å². The molecule has 0 saturated heterocycles. The third-order valence-corrected chi connectivity index (χ3v) is 4.21. The van der Waals surface area contributed by atoms with Gasteiger partial charge in [0.1, 0.15) is 0 Å². The molecule has 0 fully saturated rings. The first-order valence-electron chi connectivity index (χ1n) is 6.54. The van der Waals surface area contributed by atoms with Crippen molar-refractivity contribution in [3.8, 4) is 0 Å². The Morgan fingerprint density at radius 3 is 2.50 bits per heavy atom. The molecule has 8 nitrogen and oxygen atoms in total. The van der Waals surface area contributed by atoms with Crippen LogP contribution in [0.5, 0.6) is 0 Å². The molecule has 0 aliphatic carbocycles. The van der Waals surface area contributed by atoms with Crippen LogP contribution in [0.15, 0.2) is 29.2 Å². The molecule has 0 radical (unpaired) electrons. The van der Waals surface area contributed by atoms with Crippen LogP contribution < -0.4 is 4.83 Å². The fourth-order valence-electron chi connectivity index (χ4n) is 1.69. The molecule has 0 atom stereocenters. The fraction of sp³-hybridized carbons (Fsp3) is 0.308. The molecule has 118 valence electrons. The molecule has 2 rings (SSSR count). The number of rotatable bonds is 5. The van der Waals surface area contributed by atoms with Crippen LogP contribution in [0.1, 0.15) is 28.7 Å². The Kier molecular flexibility index (Phi) is 4.45. The van der Waals surface area contributed by atoms with Crippen molar-refractivity contribution in [1.82, 2.24) is 15.1 Å². The highest BCUT2D eigenvalue weighted by Crippen LogP contribution is 2.12. The summed E-state index contributed by atoms with van der Waals surface area (Å²) in [6.45, 7) is 5.24. The molecule has 1 heterocycles. The Balaban J connectivity index is 2.27. The first-order valence-corrected chi connectivity index (χ1v) is 8.02. The van der Waals surface area contributed by atoms with Crippen molar-refractivity contribution in [2.45, 2.75) is 25.7 Å². The molecule has 1 N–H and O–H groups in total. The van der Waals surface area contributed by atoms with Crippen molar-refractivity contribution in [3.05, 3.63) is 41.2 Å². The number of benzene rings is 1. The maximum Gasteiger partial charge on any atom is 0.360 e. The van der Waals surface area contributed by atoms with Crippen molar-refractivity contribution in [1.29, 1.82) is 0 Å². The quantitative estimate of drug-likeness (QED) is 0.823. The molecule has 0 aliphatic rings. The van der Waals surface area contributed by atoms with E-state index in [0.717, 1.165) is 10.4 Å². The van der Waals surface area contributed by atoms with Crippen LogP contribution in [0.4, 0.5) is 0 Å². The maximum atomic E-state index is 12.3. The summed E-state index contributed by atoms with van der Waals surface area (Å²) >= 11 is 0. The van der Waals surface area contributed by atoms with Gasteiger partial charge in [-0.05, 0) is 38.1 Å². The lowest BCUT2D eigenvalue weighted by atomic mass is 10.2. The lowest BCUT2D eigenvalue weighted by Gasteiger charge is -2.09. The van der Waals surface area contributed by atoms with Gasteiger partial charge >= 0.3 is 5.97 Å². The van der Waals surface area contributed by atoms with Gasteiger partial charge in [0.05, 0.1) is 17.2 Å². The molecular formula is C13H16N4O4S. The van der Waals surface area contributed by atoms with Gasteiger partial charge in [-0.2, -0.15) is 13.2 Å². The Morgan fingerprint density at radius 1 is 1.27 bits per heavy atom. The van der Waals surface area contributed by atoms with Crippen LogP contribution in [-0.4, -0.2) is 36.1 Å². The van der Waals surface area contributed by atoms with Gasteiger partial charge in [0, 0.05) is 0 Å². The van der Waals surface area contributed by atoms with E-state index in [-0.39, 0.29) is 22.9 Å². The Morgan fingerprint density at radius 2 is 1.91 bits per heavy atom.